The molecule has 0 spiro atoms. The van der Waals surface area contributed by atoms with Crippen molar-refractivity contribution < 1.29 is 5.11 Å². The fourth-order valence-electron chi connectivity index (χ4n) is 1.99. The lowest BCUT2D eigenvalue weighted by Crippen LogP contribution is -2.04. The van der Waals surface area contributed by atoms with Crippen LogP contribution < -0.4 is 0 Å². The molecule has 0 atom stereocenters. The Morgan fingerprint density at radius 1 is 1.11 bits per heavy atom. The van der Waals surface area contributed by atoms with E-state index < -0.39 is 0 Å². The van der Waals surface area contributed by atoms with E-state index in [1.807, 2.05) is 41.8 Å². The molecule has 96 valence electrons. The molecule has 0 amide bonds. The Hall–Kier alpha value is -1.98. The molecule has 1 aromatic carbocycles. The number of thiophene rings is 1. The average molecular weight is 271 g/mol. The maximum Gasteiger partial charge on any atom is 0.112 e. The number of aliphatic hydroxyl groups excluding tert-OH is 1. The van der Waals surface area contributed by atoms with Gasteiger partial charge in [0.15, 0.2) is 0 Å². The van der Waals surface area contributed by atoms with Gasteiger partial charge in [-0.3, -0.25) is 0 Å². The molecule has 0 unspecified atom stereocenters. The summed E-state index contributed by atoms with van der Waals surface area (Å²) in [7, 11) is 0. The maximum atomic E-state index is 9.39. The minimum atomic E-state index is -0.0897. The lowest BCUT2D eigenvalue weighted by Gasteiger charge is -2.06. The van der Waals surface area contributed by atoms with Gasteiger partial charge in [-0.15, -0.1) is 16.4 Å². The molecule has 0 aliphatic rings. The van der Waals surface area contributed by atoms with E-state index in [-0.39, 0.29) is 6.61 Å². The first-order valence-electron chi connectivity index (χ1n) is 6.00. The highest BCUT2D eigenvalue weighted by Gasteiger charge is 2.14. The molecule has 0 saturated carbocycles. The molecule has 3 rings (SSSR count). The molecular weight excluding hydrogens is 258 g/mol. The second kappa shape index (κ2) is 5.34. The quantitative estimate of drug-likeness (QED) is 0.793. The minimum absolute atomic E-state index is 0.0897. The van der Waals surface area contributed by atoms with E-state index in [9.17, 15) is 5.11 Å². The van der Waals surface area contributed by atoms with Gasteiger partial charge in [-0.1, -0.05) is 29.5 Å². The first kappa shape index (κ1) is 12.1. The van der Waals surface area contributed by atoms with Crippen LogP contribution in [0.4, 0.5) is 0 Å². The van der Waals surface area contributed by atoms with Gasteiger partial charge in [0.2, 0.25) is 0 Å². The van der Waals surface area contributed by atoms with E-state index in [4.69, 9.17) is 0 Å². The summed E-state index contributed by atoms with van der Waals surface area (Å²) >= 11 is 1.69. The van der Waals surface area contributed by atoms with Crippen molar-refractivity contribution in [2.24, 2.45) is 0 Å². The van der Waals surface area contributed by atoms with Crippen molar-refractivity contribution in [2.45, 2.75) is 13.0 Å². The Labute approximate surface area is 115 Å². The van der Waals surface area contributed by atoms with E-state index in [0.29, 0.717) is 5.69 Å². The second-order valence-electron chi connectivity index (χ2n) is 4.14. The van der Waals surface area contributed by atoms with Crippen LogP contribution in [0.1, 0.15) is 16.3 Å². The van der Waals surface area contributed by atoms with E-state index >= 15 is 0 Å². The molecule has 0 saturated heterocycles. The predicted octanol–water partition coefficient (Wildman–Crippen LogP) is 2.41. The summed E-state index contributed by atoms with van der Waals surface area (Å²) in [5, 5.41) is 19.6. The van der Waals surface area contributed by atoms with E-state index in [1.54, 1.807) is 16.0 Å². The molecule has 2 aromatic heterocycles. The van der Waals surface area contributed by atoms with E-state index in [0.717, 1.165) is 17.8 Å². The molecule has 0 radical (unpaired) electrons. The summed E-state index contributed by atoms with van der Waals surface area (Å²) < 4.78 is 1.80. The molecular formula is C14H13N3OS. The third-order valence-electron chi connectivity index (χ3n) is 2.92. The van der Waals surface area contributed by atoms with Crippen LogP contribution in [0.5, 0.6) is 0 Å². The number of hydrogen-bond acceptors (Lipinski definition) is 4. The summed E-state index contributed by atoms with van der Waals surface area (Å²) in [5.74, 6) is 0. The summed E-state index contributed by atoms with van der Waals surface area (Å²) in [6.45, 7) is -0.0897. The van der Waals surface area contributed by atoms with Crippen molar-refractivity contribution in [3.05, 3.63) is 64.1 Å². The average Bonchev–Trinajstić information content (AvgIpc) is 3.10. The van der Waals surface area contributed by atoms with Crippen molar-refractivity contribution in [2.75, 3.05) is 0 Å². The molecule has 2 heterocycles. The third-order valence-corrected chi connectivity index (χ3v) is 3.79. The van der Waals surface area contributed by atoms with Crippen LogP contribution in [0.3, 0.4) is 0 Å². The molecule has 19 heavy (non-hydrogen) atoms. The summed E-state index contributed by atoms with van der Waals surface area (Å²) in [5.41, 5.74) is 2.54. The highest BCUT2D eigenvalue weighted by molar-refractivity contribution is 7.09. The Balaban J connectivity index is 2.03. The van der Waals surface area contributed by atoms with Crippen LogP contribution in [0.15, 0.2) is 47.8 Å². The van der Waals surface area contributed by atoms with Gasteiger partial charge in [0, 0.05) is 11.3 Å². The Morgan fingerprint density at radius 3 is 2.63 bits per heavy atom. The summed E-state index contributed by atoms with van der Waals surface area (Å²) in [6, 6.07) is 14.0. The number of hydrogen-bond donors (Lipinski definition) is 1. The molecule has 5 heteroatoms. The zero-order valence-corrected chi connectivity index (χ0v) is 11.0. The SMILES string of the molecule is OCc1nnn(-c2ccccc2)c1Cc1cccs1. The highest BCUT2D eigenvalue weighted by Crippen LogP contribution is 2.19. The number of para-hydroxylation sites is 1. The van der Waals surface area contributed by atoms with Gasteiger partial charge in [0.05, 0.1) is 18.0 Å². The zero-order valence-electron chi connectivity index (χ0n) is 10.2. The number of aromatic nitrogens is 3. The molecule has 0 aliphatic carbocycles. The zero-order chi connectivity index (χ0) is 13.1. The molecule has 4 nitrogen and oxygen atoms in total. The molecule has 1 N–H and O–H groups in total. The van der Waals surface area contributed by atoms with Crippen LogP contribution in [0.2, 0.25) is 0 Å². The number of rotatable bonds is 4. The number of benzene rings is 1. The third kappa shape index (κ3) is 2.43. The van der Waals surface area contributed by atoms with Crippen molar-refractivity contribution in [1.29, 1.82) is 0 Å². The number of aliphatic hydroxyl groups is 1. The van der Waals surface area contributed by atoms with Gasteiger partial charge < -0.3 is 5.11 Å². The normalized spacial score (nSPS) is 10.8. The standard InChI is InChI=1S/C14H13N3OS/c18-10-13-14(9-12-7-4-8-19-12)17(16-15-13)11-5-2-1-3-6-11/h1-8,18H,9-10H2. The molecule has 0 aliphatic heterocycles. The topological polar surface area (TPSA) is 50.9 Å². The Morgan fingerprint density at radius 2 is 1.95 bits per heavy atom. The van der Waals surface area contributed by atoms with Gasteiger partial charge in [0.25, 0.3) is 0 Å². The van der Waals surface area contributed by atoms with Crippen LogP contribution >= 0.6 is 11.3 Å². The summed E-state index contributed by atoms with van der Waals surface area (Å²) in [4.78, 5) is 1.23. The monoisotopic (exact) mass is 271 g/mol. The lowest BCUT2D eigenvalue weighted by atomic mass is 10.2. The second-order valence-corrected chi connectivity index (χ2v) is 5.18. The predicted molar refractivity (Wildman–Crippen MR) is 74.4 cm³/mol. The first-order valence-corrected chi connectivity index (χ1v) is 6.88. The van der Waals surface area contributed by atoms with Crippen molar-refractivity contribution in [3.8, 4) is 5.69 Å². The molecule has 3 aromatic rings. The lowest BCUT2D eigenvalue weighted by molar-refractivity contribution is 0.275. The fourth-order valence-corrected chi connectivity index (χ4v) is 2.70. The van der Waals surface area contributed by atoms with Crippen molar-refractivity contribution >= 4 is 11.3 Å². The Kier molecular flexibility index (Phi) is 3.39. The van der Waals surface area contributed by atoms with E-state index in [1.165, 1.54) is 4.88 Å². The van der Waals surface area contributed by atoms with Crippen LogP contribution in [-0.2, 0) is 13.0 Å². The van der Waals surface area contributed by atoms with Gasteiger partial charge in [-0.25, -0.2) is 4.68 Å². The van der Waals surface area contributed by atoms with E-state index in [2.05, 4.69) is 16.4 Å². The van der Waals surface area contributed by atoms with Crippen molar-refractivity contribution in [1.82, 2.24) is 15.0 Å². The minimum Gasteiger partial charge on any atom is -0.390 e. The van der Waals surface area contributed by atoms with Crippen LogP contribution in [0, 0.1) is 0 Å². The highest BCUT2D eigenvalue weighted by atomic mass is 32.1. The molecule has 0 fully saturated rings. The van der Waals surface area contributed by atoms with Crippen LogP contribution in [0.25, 0.3) is 5.69 Å². The smallest absolute Gasteiger partial charge is 0.112 e. The van der Waals surface area contributed by atoms with Gasteiger partial charge in [0.1, 0.15) is 5.69 Å². The maximum absolute atomic E-state index is 9.39. The van der Waals surface area contributed by atoms with Gasteiger partial charge in [-0.05, 0) is 23.6 Å². The molecule has 0 bridgehead atoms. The van der Waals surface area contributed by atoms with Gasteiger partial charge >= 0.3 is 0 Å². The fraction of sp³-hybridized carbons (Fsp3) is 0.143. The Bertz CT molecular complexity index is 647. The van der Waals surface area contributed by atoms with Crippen molar-refractivity contribution in [3.63, 3.8) is 0 Å². The number of nitrogens with zero attached hydrogens (tertiary/aromatic N) is 3. The largest absolute Gasteiger partial charge is 0.390 e. The van der Waals surface area contributed by atoms with Crippen LogP contribution in [-0.4, -0.2) is 20.1 Å². The van der Waals surface area contributed by atoms with Gasteiger partial charge in [-0.2, -0.15) is 0 Å². The first-order chi connectivity index (χ1) is 9.38. The summed E-state index contributed by atoms with van der Waals surface area (Å²) in [6.07, 6.45) is 0.732.